The van der Waals surface area contributed by atoms with E-state index in [9.17, 15) is 9.59 Å². The summed E-state index contributed by atoms with van der Waals surface area (Å²) < 4.78 is 5.81. The van der Waals surface area contributed by atoms with Crippen LogP contribution in [0.15, 0.2) is 41.0 Å². The number of H-pyrrole nitrogens is 1. The molecule has 1 saturated carbocycles. The SMILES string of the molecule is COC(=O)N[C@H](C(=O)N1C[C@H]2CCCC[C@H]2[C@H]1c1ncc(-c2ccc3cc(Br)ccc3n2)[nH]1)C(C)C. The van der Waals surface area contributed by atoms with Crippen LogP contribution in [0.1, 0.15) is 51.4 Å². The van der Waals surface area contributed by atoms with Crippen LogP contribution in [0.25, 0.3) is 22.3 Å². The summed E-state index contributed by atoms with van der Waals surface area (Å²) in [5, 5.41) is 3.81. The second kappa shape index (κ2) is 10.2. The molecule has 36 heavy (non-hydrogen) atoms. The third-order valence-electron chi connectivity index (χ3n) is 7.62. The topological polar surface area (TPSA) is 100 Å². The van der Waals surface area contributed by atoms with E-state index in [4.69, 9.17) is 14.7 Å². The Balaban J connectivity index is 1.47. The van der Waals surface area contributed by atoms with Gasteiger partial charge in [-0.25, -0.2) is 14.8 Å². The van der Waals surface area contributed by atoms with Gasteiger partial charge in [-0.15, -0.1) is 0 Å². The lowest BCUT2D eigenvalue weighted by molar-refractivity contribution is -0.136. The molecule has 1 aromatic carbocycles. The summed E-state index contributed by atoms with van der Waals surface area (Å²) in [5.41, 5.74) is 2.55. The maximum Gasteiger partial charge on any atom is 0.407 e. The number of nitrogens with one attached hydrogen (secondary N) is 2. The summed E-state index contributed by atoms with van der Waals surface area (Å²) in [7, 11) is 1.31. The van der Waals surface area contributed by atoms with Crippen molar-refractivity contribution >= 4 is 38.8 Å². The molecule has 0 unspecified atom stereocenters. The number of rotatable bonds is 5. The van der Waals surface area contributed by atoms with E-state index >= 15 is 0 Å². The van der Waals surface area contributed by atoms with Gasteiger partial charge in [0.25, 0.3) is 0 Å². The van der Waals surface area contributed by atoms with Crippen LogP contribution >= 0.6 is 15.9 Å². The van der Waals surface area contributed by atoms with Crippen LogP contribution in [0.2, 0.25) is 0 Å². The van der Waals surface area contributed by atoms with Crippen LogP contribution in [0.3, 0.4) is 0 Å². The number of aromatic nitrogens is 3. The van der Waals surface area contributed by atoms with Crippen molar-refractivity contribution in [3.05, 3.63) is 46.8 Å². The molecule has 2 fully saturated rings. The molecule has 5 rings (SSSR count). The summed E-state index contributed by atoms with van der Waals surface area (Å²) in [5.74, 6) is 1.40. The van der Waals surface area contributed by atoms with Crippen LogP contribution in [-0.4, -0.2) is 51.5 Å². The molecule has 2 aromatic heterocycles. The average molecular weight is 554 g/mol. The fraction of sp³-hybridized carbons (Fsp3) is 0.481. The number of alkyl carbamates (subject to hydrolysis) is 1. The highest BCUT2D eigenvalue weighted by atomic mass is 79.9. The van der Waals surface area contributed by atoms with Gasteiger partial charge in [-0.3, -0.25) is 4.79 Å². The monoisotopic (exact) mass is 553 g/mol. The van der Waals surface area contributed by atoms with Gasteiger partial charge in [0.15, 0.2) is 0 Å². The van der Waals surface area contributed by atoms with E-state index in [1.165, 1.54) is 13.5 Å². The molecule has 0 spiro atoms. The number of carbonyl (C=O) groups excluding carboxylic acids is 2. The fourth-order valence-corrected chi connectivity index (χ4v) is 6.17. The largest absolute Gasteiger partial charge is 0.453 e. The van der Waals surface area contributed by atoms with Gasteiger partial charge in [-0.05, 0) is 54.9 Å². The van der Waals surface area contributed by atoms with Gasteiger partial charge in [0.1, 0.15) is 11.9 Å². The van der Waals surface area contributed by atoms with Gasteiger partial charge in [-0.1, -0.05) is 48.7 Å². The molecule has 2 aliphatic rings. The number of likely N-dealkylation sites (tertiary alicyclic amines) is 1. The molecular weight excluding hydrogens is 522 g/mol. The Labute approximate surface area is 219 Å². The second-order valence-electron chi connectivity index (χ2n) is 10.2. The number of pyridine rings is 1. The Morgan fingerprint density at radius 3 is 2.78 bits per heavy atom. The second-order valence-corrected chi connectivity index (χ2v) is 11.1. The van der Waals surface area contributed by atoms with E-state index in [2.05, 4.69) is 32.3 Å². The lowest BCUT2D eigenvalue weighted by Crippen LogP contribution is -2.51. The molecule has 8 nitrogen and oxygen atoms in total. The van der Waals surface area contributed by atoms with Crippen molar-refractivity contribution in [2.45, 2.75) is 51.6 Å². The zero-order chi connectivity index (χ0) is 25.4. The molecule has 190 valence electrons. The smallest absolute Gasteiger partial charge is 0.407 e. The summed E-state index contributed by atoms with van der Waals surface area (Å²) >= 11 is 3.51. The molecule has 9 heteroatoms. The van der Waals surface area contributed by atoms with Crippen LogP contribution < -0.4 is 5.32 Å². The predicted octanol–water partition coefficient (Wildman–Crippen LogP) is 5.46. The number of halogens is 1. The molecule has 3 aromatic rings. The average Bonchev–Trinajstić information content (AvgIpc) is 3.51. The van der Waals surface area contributed by atoms with Gasteiger partial charge in [0, 0.05) is 16.4 Å². The number of aromatic amines is 1. The standard InChI is InChI=1S/C27H32BrN5O3/c1-15(2)23(32-27(35)36-3)26(34)33-14-17-6-4-5-7-19(17)24(33)25-29-13-22(31-25)21-10-8-16-12-18(28)9-11-20(16)30-21/h8-13,15,17,19,23-24H,4-7,14H2,1-3H3,(H,29,31)(H,32,35)/t17-,19-,23+,24+/m1/s1. The van der Waals surface area contributed by atoms with Crippen molar-refractivity contribution in [1.82, 2.24) is 25.2 Å². The highest BCUT2D eigenvalue weighted by Gasteiger charge is 2.48. The molecule has 1 aliphatic carbocycles. The predicted molar refractivity (Wildman–Crippen MR) is 141 cm³/mol. The highest BCUT2D eigenvalue weighted by molar-refractivity contribution is 9.10. The van der Waals surface area contributed by atoms with Gasteiger partial charge >= 0.3 is 6.09 Å². The minimum absolute atomic E-state index is 0.0751. The third-order valence-corrected chi connectivity index (χ3v) is 8.11. The number of ether oxygens (including phenoxy) is 1. The van der Waals surface area contributed by atoms with Crippen LogP contribution in [0.4, 0.5) is 4.79 Å². The Morgan fingerprint density at radius 1 is 1.19 bits per heavy atom. The van der Waals surface area contributed by atoms with Crippen molar-refractivity contribution in [2.24, 2.45) is 17.8 Å². The van der Waals surface area contributed by atoms with E-state index < -0.39 is 12.1 Å². The number of amides is 2. The molecule has 1 saturated heterocycles. The Hall–Kier alpha value is -2.94. The van der Waals surface area contributed by atoms with Gasteiger partial charge in [-0.2, -0.15) is 0 Å². The van der Waals surface area contributed by atoms with E-state index in [-0.39, 0.29) is 17.9 Å². The minimum Gasteiger partial charge on any atom is -0.453 e. The van der Waals surface area contributed by atoms with Crippen molar-refractivity contribution in [1.29, 1.82) is 0 Å². The Morgan fingerprint density at radius 2 is 2.00 bits per heavy atom. The summed E-state index contributed by atoms with van der Waals surface area (Å²) in [4.78, 5) is 40.8. The fourth-order valence-electron chi connectivity index (χ4n) is 5.80. The molecule has 0 radical (unpaired) electrons. The maximum atomic E-state index is 13.8. The zero-order valence-electron chi connectivity index (χ0n) is 20.8. The number of carbonyl (C=O) groups is 2. The number of fused-ring (bicyclic) bond motifs is 2. The van der Waals surface area contributed by atoms with E-state index in [1.54, 1.807) is 0 Å². The number of hydrogen-bond acceptors (Lipinski definition) is 5. The zero-order valence-corrected chi connectivity index (χ0v) is 22.4. The van der Waals surface area contributed by atoms with E-state index in [1.807, 2.05) is 49.2 Å². The summed E-state index contributed by atoms with van der Waals surface area (Å²) in [6.45, 7) is 4.55. The summed E-state index contributed by atoms with van der Waals surface area (Å²) in [6.07, 6.45) is 5.73. The molecular formula is C27H32BrN5O3. The first-order chi connectivity index (χ1) is 17.4. The normalized spacial score (nSPS) is 22.5. The first-order valence-corrected chi connectivity index (χ1v) is 13.4. The summed E-state index contributed by atoms with van der Waals surface area (Å²) in [6, 6.07) is 9.24. The first-order valence-electron chi connectivity index (χ1n) is 12.6. The first kappa shape index (κ1) is 24.7. The minimum atomic E-state index is -0.656. The molecule has 3 heterocycles. The maximum absolute atomic E-state index is 13.8. The van der Waals surface area contributed by atoms with Crippen molar-refractivity contribution in [3.63, 3.8) is 0 Å². The number of imidazole rings is 1. The van der Waals surface area contributed by atoms with Crippen LogP contribution in [0, 0.1) is 17.8 Å². The van der Waals surface area contributed by atoms with Crippen LogP contribution in [-0.2, 0) is 9.53 Å². The number of methoxy groups -OCH3 is 1. The number of nitrogens with zero attached hydrogens (tertiary/aromatic N) is 3. The molecule has 2 amide bonds. The Kier molecular flexibility index (Phi) is 7.01. The van der Waals surface area contributed by atoms with Crippen molar-refractivity contribution < 1.29 is 14.3 Å². The molecule has 1 aliphatic heterocycles. The quantitative estimate of drug-likeness (QED) is 0.437. The lowest BCUT2D eigenvalue weighted by atomic mass is 9.78. The Bertz CT molecular complexity index is 1280. The van der Waals surface area contributed by atoms with Crippen LogP contribution in [0.5, 0.6) is 0 Å². The lowest BCUT2D eigenvalue weighted by Gasteiger charge is -2.32. The van der Waals surface area contributed by atoms with E-state index in [0.717, 1.165) is 51.9 Å². The van der Waals surface area contributed by atoms with E-state index in [0.29, 0.717) is 18.4 Å². The van der Waals surface area contributed by atoms with Crippen molar-refractivity contribution in [2.75, 3.05) is 13.7 Å². The van der Waals surface area contributed by atoms with Gasteiger partial charge < -0.3 is 19.9 Å². The number of hydrogen-bond donors (Lipinski definition) is 2. The molecule has 0 bridgehead atoms. The van der Waals surface area contributed by atoms with Crippen molar-refractivity contribution in [3.8, 4) is 11.4 Å². The molecule has 2 N–H and O–H groups in total. The third kappa shape index (κ3) is 4.73. The van der Waals surface area contributed by atoms with Gasteiger partial charge in [0.05, 0.1) is 36.3 Å². The molecule has 4 atom stereocenters. The number of benzene rings is 1. The highest BCUT2D eigenvalue weighted by Crippen LogP contribution is 2.47. The van der Waals surface area contributed by atoms with Gasteiger partial charge in [0.2, 0.25) is 5.91 Å².